The van der Waals surface area contributed by atoms with E-state index in [1.165, 1.54) is 11.3 Å². The maximum Gasteiger partial charge on any atom is 0.241 e. The fourth-order valence-corrected chi connectivity index (χ4v) is 5.08. The van der Waals surface area contributed by atoms with Gasteiger partial charge in [0.05, 0.1) is 35.0 Å². The molecule has 0 radical (unpaired) electrons. The lowest BCUT2D eigenvalue weighted by molar-refractivity contribution is -0.119. The molecule has 5 nitrogen and oxygen atoms in total. The number of carbonyl (C=O) groups excluding carboxylic acids is 1. The fourth-order valence-electron chi connectivity index (χ4n) is 4.08. The van der Waals surface area contributed by atoms with E-state index in [1.54, 1.807) is 11.1 Å². The molecule has 0 aliphatic heterocycles. The van der Waals surface area contributed by atoms with Crippen LogP contribution in [0.3, 0.4) is 0 Å². The smallest absolute Gasteiger partial charge is 0.241 e. The first-order valence-electron chi connectivity index (χ1n) is 11.6. The predicted molar refractivity (Wildman–Crippen MR) is 141 cm³/mol. The molecule has 2 aromatic heterocycles. The van der Waals surface area contributed by atoms with Crippen LogP contribution in [0.4, 0.5) is 5.13 Å². The number of ether oxygens (including phenoxy) is 1. The van der Waals surface area contributed by atoms with Gasteiger partial charge in [-0.25, -0.2) is 4.98 Å². The Morgan fingerprint density at radius 1 is 0.914 bits per heavy atom. The average Bonchev–Trinajstić information content (AvgIpc) is 3.32. The number of benzene rings is 3. The van der Waals surface area contributed by atoms with Crippen LogP contribution >= 0.6 is 11.3 Å². The number of aromatic nitrogens is 2. The quantitative estimate of drug-likeness (QED) is 0.256. The number of carbonyl (C=O) groups is 1. The molecule has 0 N–H and O–H groups in total. The molecule has 0 fully saturated rings. The van der Waals surface area contributed by atoms with Crippen molar-refractivity contribution in [2.24, 2.45) is 0 Å². The maximum atomic E-state index is 14.3. The average molecular weight is 480 g/mol. The van der Waals surface area contributed by atoms with Crippen LogP contribution in [0.25, 0.3) is 10.2 Å². The van der Waals surface area contributed by atoms with E-state index in [4.69, 9.17) is 9.72 Å². The normalized spacial score (nSPS) is 11.0. The summed E-state index contributed by atoms with van der Waals surface area (Å²) < 4.78 is 6.64. The molecule has 0 aliphatic carbocycles. The van der Waals surface area contributed by atoms with E-state index in [2.05, 4.69) is 4.98 Å². The van der Waals surface area contributed by atoms with Gasteiger partial charge in [0.1, 0.15) is 5.75 Å². The van der Waals surface area contributed by atoms with Crippen LogP contribution in [0, 0.1) is 0 Å². The van der Waals surface area contributed by atoms with E-state index in [-0.39, 0.29) is 5.91 Å². The Labute approximate surface area is 208 Å². The number of hydrogen-bond donors (Lipinski definition) is 0. The Morgan fingerprint density at radius 3 is 2.23 bits per heavy atom. The first-order chi connectivity index (χ1) is 17.2. The van der Waals surface area contributed by atoms with E-state index < -0.39 is 5.92 Å². The molecule has 0 spiro atoms. The van der Waals surface area contributed by atoms with Crippen LogP contribution < -0.4 is 9.64 Å². The number of rotatable bonds is 8. The number of anilines is 1. The second-order valence-electron chi connectivity index (χ2n) is 8.06. The highest BCUT2D eigenvalue weighted by Crippen LogP contribution is 2.35. The largest absolute Gasteiger partial charge is 0.494 e. The Balaban J connectivity index is 1.60. The van der Waals surface area contributed by atoms with Crippen LogP contribution in [0.1, 0.15) is 29.7 Å². The molecular weight excluding hydrogens is 454 g/mol. The minimum atomic E-state index is -0.466. The number of nitrogens with zero attached hydrogens (tertiary/aromatic N) is 3. The van der Waals surface area contributed by atoms with Crippen molar-refractivity contribution in [3.05, 3.63) is 120 Å². The SMILES string of the molecule is CCOc1ccc2nc(N(Cc3ccccn3)C(=O)C(c3ccccc3)c3ccccc3)sc2c1. The Hall–Kier alpha value is -4.03. The van der Waals surface area contributed by atoms with Gasteiger partial charge in [-0.3, -0.25) is 14.7 Å². The molecule has 1 amide bonds. The molecule has 0 unspecified atom stereocenters. The van der Waals surface area contributed by atoms with E-state index in [0.29, 0.717) is 18.3 Å². The van der Waals surface area contributed by atoms with Crippen LogP contribution in [0.15, 0.2) is 103 Å². The van der Waals surface area contributed by atoms with Gasteiger partial charge in [-0.15, -0.1) is 0 Å². The minimum Gasteiger partial charge on any atom is -0.494 e. The third-order valence-electron chi connectivity index (χ3n) is 5.72. The molecule has 0 atom stereocenters. The molecule has 0 bridgehead atoms. The van der Waals surface area contributed by atoms with Crippen LogP contribution in [-0.4, -0.2) is 22.5 Å². The molecule has 5 aromatic rings. The number of thiazole rings is 1. The summed E-state index contributed by atoms with van der Waals surface area (Å²) in [4.78, 5) is 25.4. The van der Waals surface area contributed by atoms with Gasteiger partial charge in [-0.05, 0) is 48.4 Å². The summed E-state index contributed by atoms with van der Waals surface area (Å²) in [6.45, 7) is 2.88. The number of pyridine rings is 1. The summed E-state index contributed by atoms with van der Waals surface area (Å²) in [5.74, 6) is 0.286. The predicted octanol–water partition coefficient (Wildman–Crippen LogP) is 6.46. The van der Waals surface area contributed by atoms with Crippen molar-refractivity contribution in [2.75, 3.05) is 11.5 Å². The molecule has 0 saturated heterocycles. The van der Waals surface area contributed by atoms with Gasteiger partial charge in [0.25, 0.3) is 0 Å². The molecule has 0 aliphatic rings. The highest BCUT2D eigenvalue weighted by Gasteiger charge is 2.30. The monoisotopic (exact) mass is 479 g/mol. The lowest BCUT2D eigenvalue weighted by atomic mass is 9.90. The molecule has 174 valence electrons. The first-order valence-corrected chi connectivity index (χ1v) is 12.4. The van der Waals surface area contributed by atoms with Crippen LogP contribution in [0.5, 0.6) is 5.75 Å². The van der Waals surface area contributed by atoms with E-state index in [1.807, 2.05) is 104 Å². The molecule has 2 heterocycles. The zero-order valence-electron chi connectivity index (χ0n) is 19.4. The zero-order chi connectivity index (χ0) is 24.0. The van der Waals surface area contributed by atoms with Gasteiger partial charge in [0.15, 0.2) is 5.13 Å². The minimum absolute atomic E-state index is 0.0443. The number of fused-ring (bicyclic) bond motifs is 1. The summed E-state index contributed by atoms with van der Waals surface area (Å²) in [6.07, 6.45) is 1.75. The Morgan fingerprint density at radius 2 is 1.60 bits per heavy atom. The van der Waals surface area contributed by atoms with Gasteiger partial charge in [-0.2, -0.15) is 0 Å². The van der Waals surface area contributed by atoms with Crippen molar-refractivity contribution < 1.29 is 9.53 Å². The highest BCUT2D eigenvalue weighted by atomic mass is 32.1. The summed E-state index contributed by atoms with van der Waals surface area (Å²) in [5, 5.41) is 0.640. The number of hydrogen-bond acceptors (Lipinski definition) is 5. The molecule has 0 saturated carbocycles. The summed E-state index contributed by atoms with van der Waals surface area (Å²) in [7, 11) is 0. The molecular formula is C29H25N3O2S. The third-order valence-corrected chi connectivity index (χ3v) is 6.76. The van der Waals surface area contributed by atoms with Crippen molar-refractivity contribution >= 4 is 32.6 Å². The third kappa shape index (κ3) is 5.08. The van der Waals surface area contributed by atoms with Crippen molar-refractivity contribution in [1.82, 2.24) is 9.97 Å². The zero-order valence-corrected chi connectivity index (χ0v) is 20.2. The van der Waals surface area contributed by atoms with Crippen molar-refractivity contribution in [2.45, 2.75) is 19.4 Å². The van der Waals surface area contributed by atoms with E-state index in [0.717, 1.165) is 32.8 Å². The standard InChI is InChI=1S/C29H25N3O2S/c1-2-34-24-16-17-25-26(19-24)35-29(31-25)32(20-23-15-9-10-18-30-23)28(33)27(21-11-5-3-6-12-21)22-13-7-4-8-14-22/h3-19,27H,2,20H2,1H3. The van der Waals surface area contributed by atoms with Crippen molar-refractivity contribution in [1.29, 1.82) is 0 Å². The molecule has 35 heavy (non-hydrogen) atoms. The lowest BCUT2D eigenvalue weighted by Crippen LogP contribution is -2.35. The topological polar surface area (TPSA) is 55.3 Å². The van der Waals surface area contributed by atoms with Crippen LogP contribution in [0.2, 0.25) is 0 Å². The van der Waals surface area contributed by atoms with E-state index >= 15 is 0 Å². The first kappa shape index (κ1) is 22.7. The molecule has 5 rings (SSSR count). The van der Waals surface area contributed by atoms with Gasteiger partial charge in [0.2, 0.25) is 5.91 Å². The Kier molecular flexibility index (Phi) is 6.82. The van der Waals surface area contributed by atoms with Gasteiger partial charge in [0, 0.05) is 6.20 Å². The second-order valence-corrected chi connectivity index (χ2v) is 9.07. The van der Waals surface area contributed by atoms with Crippen molar-refractivity contribution in [3.63, 3.8) is 0 Å². The number of amides is 1. The maximum absolute atomic E-state index is 14.3. The van der Waals surface area contributed by atoms with Crippen molar-refractivity contribution in [3.8, 4) is 5.75 Å². The fraction of sp³-hybridized carbons (Fsp3) is 0.138. The summed E-state index contributed by atoms with van der Waals surface area (Å²) in [5.41, 5.74) is 3.52. The Bertz CT molecular complexity index is 1370. The second kappa shape index (κ2) is 10.5. The van der Waals surface area contributed by atoms with Gasteiger partial charge in [-0.1, -0.05) is 78.1 Å². The van der Waals surface area contributed by atoms with E-state index in [9.17, 15) is 4.79 Å². The molecule has 6 heteroatoms. The highest BCUT2D eigenvalue weighted by molar-refractivity contribution is 7.22. The summed E-state index contributed by atoms with van der Waals surface area (Å²) >= 11 is 1.49. The van der Waals surface area contributed by atoms with Crippen LogP contribution in [-0.2, 0) is 11.3 Å². The van der Waals surface area contributed by atoms with Gasteiger partial charge >= 0.3 is 0 Å². The molecule has 3 aromatic carbocycles. The van der Waals surface area contributed by atoms with Gasteiger partial charge < -0.3 is 4.74 Å². The summed E-state index contributed by atoms with van der Waals surface area (Å²) in [6, 6.07) is 31.4. The lowest BCUT2D eigenvalue weighted by Gasteiger charge is -2.26.